The maximum atomic E-state index is 12.3. The number of carbonyl (C=O) groups excluding carboxylic acids is 1. The smallest absolute Gasteiger partial charge is 0.253 e. The number of benzene rings is 1. The maximum Gasteiger partial charge on any atom is 0.253 e. The summed E-state index contributed by atoms with van der Waals surface area (Å²) in [5, 5.41) is 9.90. The number of hydrogen-bond acceptors (Lipinski definition) is 3. The number of rotatable bonds is 7. The van der Waals surface area contributed by atoms with Crippen LogP contribution in [0.3, 0.4) is 0 Å². The molecule has 1 atom stereocenters. The van der Waals surface area contributed by atoms with E-state index in [-0.39, 0.29) is 12.0 Å². The van der Waals surface area contributed by atoms with Crippen molar-refractivity contribution in [3.8, 4) is 0 Å². The molecule has 1 aromatic carbocycles. The molecule has 1 aliphatic rings. The Kier molecular flexibility index (Phi) is 5.49. The van der Waals surface area contributed by atoms with E-state index < -0.39 is 0 Å². The van der Waals surface area contributed by atoms with Gasteiger partial charge in [-0.05, 0) is 42.2 Å². The van der Waals surface area contributed by atoms with Gasteiger partial charge in [0, 0.05) is 24.9 Å². The number of nitrogens with zero attached hydrogens (tertiary/aromatic N) is 1. The number of amides is 1. The minimum Gasteiger partial charge on any atom is -0.391 e. The highest BCUT2D eigenvalue weighted by molar-refractivity contribution is 7.98. The lowest BCUT2D eigenvalue weighted by molar-refractivity contribution is 0.0645. The van der Waals surface area contributed by atoms with E-state index in [1.54, 1.807) is 11.9 Å². The summed E-state index contributed by atoms with van der Waals surface area (Å²) in [7, 11) is 1.76. The Labute approximate surface area is 125 Å². The predicted octanol–water partition coefficient (Wildman–Crippen LogP) is 2.78. The molecule has 1 saturated carbocycles. The van der Waals surface area contributed by atoms with E-state index in [2.05, 4.69) is 6.92 Å². The highest BCUT2D eigenvalue weighted by Gasteiger charge is 2.31. The Hall–Kier alpha value is -1.00. The van der Waals surface area contributed by atoms with Crippen LogP contribution in [0.1, 0.15) is 35.7 Å². The molecule has 0 aromatic heterocycles. The molecular weight excluding hydrogens is 270 g/mol. The summed E-state index contributed by atoms with van der Waals surface area (Å²) < 4.78 is 0. The molecular formula is C16H23NO2S. The third-order valence-corrected chi connectivity index (χ3v) is 4.59. The number of hydrogen-bond donors (Lipinski definition) is 1. The zero-order valence-electron chi connectivity index (χ0n) is 12.2. The molecule has 0 radical (unpaired) electrons. The minimum absolute atomic E-state index is 0.0144. The van der Waals surface area contributed by atoms with Crippen LogP contribution < -0.4 is 0 Å². The molecule has 110 valence electrons. The highest BCUT2D eigenvalue weighted by Crippen LogP contribution is 2.32. The highest BCUT2D eigenvalue weighted by atomic mass is 32.2. The van der Waals surface area contributed by atoms with E-state index in [1.165, 1.54) is 5.56 Å². The van der Waals surface area contributed by atoms with Crippen LogP contribution in [-0.4, -0.2) is 41.4 Å². The number of carbonyl (C=O) groups is 1. The summed E-state index contributed by atoms with van der Waals surface area (Å²) in [6.07, 6.45) is 1.81. The molecule has 0 saturated heterocycles. The monoisotopic (exact) mass is 293 g/mol. The fraction of sp³-hybridized carbons (Fsp3) is 0.562. The van der Waals surface area contributed by atoms with E-state index in [0.29, 0.717) is 18.0 Å². The van der Waals surface area contributed by atoms with Gasteiger partial charge in [-0.2, -0.15) is 11.8 Å². The lowest BCUT2D eigenvalue weighted by atomic mass is 10.1. The van der Waals surface area contributed by atoms with Crippen LogP contribution in [0, 0.1) is 5.92 Å². The summed E-state index contributed by atoms with van der Waals surface area (Å²) >= 11 is 1.87. The first-order chi connectivity index (χ1) is 9.61. The van der Waals surface area contributed by atoms with Crippen LogP contribution in [0.25, 0.3) is 0 Å². The van der Waals surface area contributed by atoms with E-state index in [1.807, 2.05) is 36.0 Å². The van der Waals surface area contributed by atoms with Crippen molar-refractivity contribution >= 4 is 17.7 Å². The zero-order valence-corrected chi connectivity index (χ0v) is 13.0. The van der Waals surface area contributed by atoms with Crippen LogP contribution in [0.2, 0.25) is 0 Å². The van der Waals surface area contributed by atoms with Crippen LogP contribution in [-0.2, 0) is 5.75 Å². The second-order valence-electron chi connectivity index (χ2n) is 5.42. The lowest BCUT2D eigenvalue weighted by Gasteiger charge is -2.20. The molecule has 2 rings (SSSR count). The molecule has 0 spiro atoms. The third kappa shape index (κ3) is 4.25. The number of thioether (sulfide) groups is 1. The van der Waals surface area contributed by atoms with Gasteiger partial charge in [-0.1, -0.05) is 19.1 Å². The van der Waals surface area contributed by atoms with Gasteiger partial charge in [-0.25, -0.2) is 0 Å². The summed E-state index contributed by atoms with van der Waals surface area (Å²) in [6.45, 7) is 2.57. The number of aliphatic hydroxyl groups excluding tert-OH is 1. The molecule has 0 heterocycles. The van der Waals surface area contributed by atoms with Crippen molar-refractivity contribution in [2.24, 2.45) is 5.92 Å². The Morgan fingerprint density at radius 1 is 1.40 bits per heavy atom. The molecule has 1 amide bonds. The SMILES string of the molecule is CCSCc1ccc(C(=O)N(C)CC(O)C2CC2)cc1. The summed E-state index contributed by atoms with van der Waals surface area (Å²) in [5.74, 6) is 2.47. The van der Waals surface area contributed by atoms with E-state index in [0.717, 1.165) is 24.3 Å². The molecule has 1 unspecified atom stereocenters. The van der Waals surface area contributed by atoms with E-state index in [9.17, 15) is 9.90 Å². The Bertz CT molecular complexity index is 442. The quantitative estimate of drug-likeness (QED) is 0.840. The van der Waals surface area contributed by atoms with Crippen molar-refractivity contribution in [1.29, 1.82) is 0 Å². The number of likely N-dealkylation sites (N-methyl/N-ethyl adjacent to an activating group) is 1. The fourth-order valence-corrected chi connectivity index (χ4v) is 2.81. The second-order valence-corrected chi connectivity index (χ2v) is 6.70. The zero-order chi connectivity index (χ0) is 14.5. The maximum absolute atomic E-state index is 12.3. The van der Waals surface area contributed by atoms with Crippen molar-refractivity contribution in [3.63, 3.8) is 0 Å². The average Bonchev–Trinajstić information content (AvgIpc) is 3.29. The van der Waals surface area contributed by atoms with Gasteiger partial charge >= 0.3 is 0 Å². The fourth-order valence-electron chi connectivity index (χ4n) is 2.18. The summed E-state index contributed by atoms with van der Waals surface area (Å²) in [4.78, 5) is 13.9. The van der Waals surface area contributed by atoms with E-state index in [4.69, 9.17) is 0 Å². The van der Waals surface area contributed by atoms with E-state index >= 15 is 0 Å². The topological polar surface area (TPSA) is 40.5 Å². The molecule has 1 fully saturated rings. The first kappa shape index (κ1) is 15.4. The first-order valence-electron chi connectivity index (χ1n) is 7.22. The predicted molar refractivity (Wildman–Crippen MR) is 84.0 cm³/mol. The molecule has 4 heteroatoms. The van der Waals surface area contributed by atoms with Crippen LogP contribution in [0.5, 0.6) is 0 Å². The third-order valence-electron chi connectivity index (χ3n) is 3.65. The molecule has 0 bridgehead atoms. The number of aliphatic hydroxyl groups is 1. The van der Waals surface area contributed by atoms with Gasteiger partial charge in [0.15, 0.2) is 0 Å². The van der Waals surface area contributed by atoms with Crippen molar-refractivity contribution < 1.29 is 9.90 Å². The normalized spacial score (nSPS) is 15.9. The van der Waals surface area contributed by atoms with Crippen LogP contribution in [0.15, 0.2) is 24.3 Å². The van der Waals surface area contributed by atoms with Crippen molar-refractivity contribution in [3.05, 3.63) is 35.4 Å². The van der Waals surface area contributed by atoms with Crippen LogP contribution >= 0.6 is 11.8 Å². The molecule has 1 aromatic rings. The molecule has 1 N–H and O–H groups in total. The van der Waals surface area contributed by atoms with Gasteiger partial charge in [-0.3, -0.25) is 4.79 Å². The summed E-state index contributed by atoms with van der Waals surface area (Å²) in [6, 6.07) is 7.80. The van der Waals surface area contributed by atoms with Crippen molar-refractivity contribution in [2.45, 2.75) is 31.6 Å². The Morgan fingerprint density at radius 2 is 2.05 bits per heavy atom. The van der Waals surface area contributed by atoms with Crippen molar-refractivity contribution in [2.75, 3.05) is 19.3 Å². The minimum atomic E-state index is -0.371. The Morgan fingerprint density at radius 3 is 2.60 bits per heavy atom. The van der Waals surface area contributed by atoms with Gasteiger partial charge in [0.05, 0.1) is 6.10 Å². The Balaban J connectivity index is 1.90. The first-order valence-corrected chi connectivity index (χ1v) is 8.37. The molecule has 0 aliphatic heterocycles. The summed E-state index contributed by atoms with van der Waals surface area (Å²) in [5.41, 5.74) is 1.94. The van der Waals surface area contributed by atoms with Gasteiger partial charge in [0.25, 0.3) is 5.91 Å². The molecule has 3 nitrogen and oxygen atoms in total. The van der Waals surface area contributed by atoms with Gasteiger partial charge < -0.3 is 10.0 Å². The largest absolute Gasteiger partial charge is 0.391 e. The second kappa shape index (κ2) is 7.14. The van der Waals surface area contributed by atoms with Gasteiger partial charge in [0.1, 0.15) is 0 Å². The molecule has 20 heavy (non-hydrogen) atoms. The van der Waals surface area contributed by atoms with Gasteiger partial charge in [-0.15, -0.1) is 0 Å². The molecule has 1 aliphatic carbocycles. The van der Waals surface area contributed by atoms with Gasteiger partial charge in [0.2, 0.25) is 0 Å². The van der Waals surface area contributed by atoms with Crippen molar-refractivity contribution in [1.82, 2.24) is 4.90 Å². The van der Waals surface area contributed by atoms with Crippen LogP contribution in [0.4, 0.5) is 0 Å². The average molecular weight is 293 g/mol. The lowest BCUT2D eigenvalue weighted by Crippen LogP contribution is -2.35. The standard InChI is InChI=1S/C16H23NO2S/c1-3-20-11-12-4-6-14(7-5-12)16(19)17(2)10-15(18)13-8-9-13/h4-7,13,15,18H,3,8-11H2,1-2H3.